The number of carbonyl (C=O) groups excluding carboxylic acids is 3. The van der Waals surface area contributed by atoms with Gasteiger partial charge in [-0.2, -0.15) is 4.72 Å². The van der Waals surface area contributed by atoms with Crippen LogP contribution in [0.1, 0.15) is 47.3 Å². The summed E-state index contributed by atoms with van der Waals surface area (Å²) in [5.41, 5.74) is 0.981. The first-order chi connectivity index (χ1) is 19.1. The molecule has 0 bridgehead atoms. The lowest BCUT2D eigenvalue weighted by Gasteiger charge is -2.44. The van der Waals surface area contributed by atoms with Crippen LogP contribution in [-0.4, -0.2) is 87.3 Å². The van der Waals surface area contributed by atoms with Crippen molar-refractivity contribution in [2.75, 3.05) is 44.2 Å². The van der Waals surface area contributed by atoms with E-state index in [9.17, 15) is 22.8 Å². The maximum Gasteiger partial charge on any atom is 0.261 e. The molecule has 1 unspecified atom stereocenters. The maximum atomic E-state index is 13.8. The highest BCUT2D eigenvalue weighted by molar-refractivity contribution is 7.89. The molecule has 5 rings (SSSR count). The number of hydrogen-bond donors (Lipinski definition) is 2. The number of rotatable bonds is 8. The Morgan fingerprint density at radius 2 is 1.93 bits per heavy atom. The molecule has 0 radical (unpaired) electrons. The molecule has 4 heterocycles. The zero-order valence-corrected chi connectivity index (χ0v) is 24.8. The van der Waals surface area contributed by atoms with Gasteiger partial charge in [0.2, 0.25) is 21.8 Å². The molecule has 13 heteroatoms. The van der Waals surface area contributed by atoms with Crippen LogP contribution in [0.25, 0.3) is 0 Å². The number of anilines is 1. The fraction of sp³-hybridized carbons (Fsp3) is 0.519. The van der Waals surface area contributed by atoms with Gasteiger partial charge in [-0.3, -0.25) is 19.3 Å². The summed E-state index contributed by atoms with van der Waals surface area (Å²) >= 11 is 7.08. The van der Waals surface area contributed by atoms with Crippen molar-refractivity contribution < 1.29 is 22.8 Å². The number of nitrogens with zero attached hydrogens (tertiary/aromatic N) is 3. The summed E-state index contributed by atoms with van der Waals surface area (Å²) in [7, 11) is -4.19. The predicted octanol–water partition coefficient (Wildman–Crippen LogP) is 2.61. The van der Waals surface area contributed by atoms with Gasteiger partial charge in [0.25, 0.3) is 5.91 Å². The number of amides is 3. The molecule has 0 saturated carbocycles. The number of nitrogens with one attached hydrogen (secondary N) is 2. The summed E-state index contributed by atoms with van der Waals surface area (Å²) in [6, 6.07) is 7.03. The number of thiophene rings is 1. The van der Waals surface area contributed by atoms with E-state index in [0.717, 1.165) is 43.7 Å². The zero-order valence-electron chi connectivity index (χ0n) is 22.4. The average molecular weight is 608 g/mol. The lowest BCUT2D eigenvalue weighted by molar-refractivity contribution is -0.136. The summed E-state index contributed by atoms with van der Waals surface area (Å²) < 4.78 is 30.5. The van der Waals surface area contributed by atoms with E-state index in [1.807, 2.05) is 0 Å². The SMILES string of the molecule is Cc1c(N2CCCC2=O)cccc1S(=O)(=O)N[C@@H](CNC(=O)c1ccc(Cl)s1)C(=O)N1CCN2CCCCC2C1. The van der Waals surface area contributed by atoms with Gasteiger partial charge in [-0.1, -0.05) is 24.1 Å². The smallest absolute Gasteiger partial charge is 0.261 e. The van der Waals surface area contributed by atoms with Gasteiger partial charge < -0.3 is 15.1 Å². The summed E-state index contributed by atoms with van der Waals surface area (Å²) in [5.74, 6) is -0.851. The lowest BCUT2D eigenvalue weighted by atomic mass is 9.99. The van der Waals surface area contributed by atoms with Gasteiger partial charge in [0.05, 0.1) is 14.1 Å². The standard InChI is InChI=1S/C27H34ClN5O5S2/c1-18-21(33-13-5-9-25(33)34)7-4-8-23(18)40(37,38)30-20(16-29-26(35)22-10-11-24(28)39-22)27(36)32-15-14-31-12-3-2-6-19(31)17-32/h4,7-8,10-11,19-20,30H,2-3,5-6,9,12-17H2,1H3,(H,29,35)/t19?,20-/m0/s1. The molecule has 1 aromatic carbocycles. The van der Waals surface area contributed by atoms with Gasteiger partial charge in [0, 0.05) is 50.9 Å². The first-order valence-electron chi connectivity index (χ1n) is 13.6. The van der Waals surface area contributed by atoms with Crippen molar-refractivity contribution in [2.45, 2.75) is 56.0 Å². The fourth-order valence-corrected chi connectivity index (χ4v) is 8.22. The van der Waals surface area contributed by atoms with E-state index in [4.69, 9.17) is 11.6 Å². The topological polar surface area (TPSA) is 119 Å². The molecule has 40 heavy (non-hydrogen) atoms. The number of benzene rings is 1. The highest BCUT2D eigenvalue weighted by atomic mass is 35.5. The first-order valence-corrected chi connectivity index (χ1v) is 16.3. The van der Waals surface area contributed by atoms with Crippen molar-refractivity contribution in [3.63, 3.8) is 0 Å². The highest BCUT2D eigenvalue weighted by Crippen LogP contribution is 2.30. The van der Waals surface area contributed by atoms with E-state index in [1.165, 1.54) is 6.07 Å². The van der Waals surface area contributed by atoms with E-state index in [-0.39, 0.29) is 29.3 Å². The lowest BCUT2D eigenvalue weighted by Crippen LogP contribution is -2.61. The molecule has 2 atom stereocenters. The summed E-state index contributed by atoms with van der Waals surface area (Å²) in [5, 5.41) is 2.71. The molecule has 0 spiro atoms. The molecule has 10 nitrogen and oxygen atoms in total. The largest absolute Gasteiger partial charge is 0.349 e. The number of sulfonamides is 1. The maximum absolute atomic E-state index is 13.8. The van der Waals surface area contributed by atoms with Crippen LogP contribution in [0.15, 0.2) is 35.2 Å². The van der Waals surface area contributed by atoms with Gasteiger partial charge in [-0.15, -0.1) is 11.3 Å². The highest BCUT2D eigenvalue weighted by Gasteiger charge is 2.36. The molecule has 3 amide bonds. The molecule has 0 aliphatic carbocycles. The molecule has 2 N–H and O–H groups in total. The van der Waals surface area contributed by atoms with Gasteiger partial charge in [-0.25, -0.2) is 8.42 Å². The number of piperazine rings is 1. The van der Waals surface area contributed by atoms with E-state index in [0.29, 0.717) is 52.9 Å². The van der Waals surface area contributed by atoms with Crippen molar-refractivity contribution in [2.24, 2.45) is 0 Å². The second kappa shape index (κ2) is 12.2. The molecule has 2 aromatic rings. The number of fused-ring (bicyclic) bond motifs is 1. The van der Waals surface area contributed by atoms with Crippen LogP contribution in [0.3, 0.4) is 0 Å². The van der Waals surface area contributed by atoms with Crippen LogP contribution in [0, 0.1) is 6.92 Å². The normalized spacial score (nSPS) is 20.9. The van der Waals surface area contributed by atoms with Gasteiger partial charge in [0.15, 0.2) is 0 Å². The Morgan fingerprint density at radius 3 is 2.65 bits per heavy atom. The van der Waals surface area contributed by atoms with Crippen LogP contribution in [0.4, 0.5) is 5.69 Å². The van der Waals surface area contributed by atoms with Crippen molar-refractivity contribution in [1.82, 2.24) is 19.8 Å². The molecule has 3 saturated heterocycles. The average Bonchev–Trinajstić information content (AvgIpc) is 3.58. The molecular formula is C27H34ClN5O5S2. The second-order valence-corrected chi connectivity index (χ2v) is 13.9. The zero-order chi connectivity index (χ0) is 28.4. The number of carbonyl (C=O) groups is 3. The minimum absolute atomic E-state index is 0.00374. The minimum Gasteiger partial charge on any atom is -0.349 e. The quantitative estimate of drug-likeness (QED) is 0.476. The molecule has 3 fully saturated rings. The summed E-state index contributed by atoms with van der Waals surface area (Å²) in [4.78, 5) is 45.0. The van der Waals surface area contributed by atoms with E-state index in [2.05, 4.69) is 14.9 Å². The Morgan fingerprint density at radius 1 is 1.10 bits per heavy atom. The molecule has 216 valence electrons. The summed E-state index contributed by atoms with van der Waals surface area (Å²) in [6.45, 7) is 4.74. The number of piperidine rings is 1. The third-order valence-corrected chi connectivity index (χ3v) is 10.8. The van der Waals surface area contributed by atoms with Crippen LogP contribution >= 0.6 is 22.9 Å². The van der Waals surface area contributed by atoms with E-state index in [1.54, 1.807) is 41.0 Å². The summed E-state index contributed by atoms with van der Waals surface area (Å²) in [6.07, 6.45) is 4.39. The molecule has 3 aliphatic rings. The Bertz CT molecular complexity index is 1400. The van der Waals surface area contributed by atoms with Gasteiger partial charge in [-0.05, 0) is 62.6 Å². The first kappa shape index (κ1) is 29.0. The Kier molecular flexibility index (Phi) is 8.81. The number of halogens is 1. The van der Waals surface area contributed by atoms with Crippen LogP contribution in [0.2, 0.25) is 4.34 Å². The van der Waals surface area contributed by atoms with Gasteiger partial charge in [0.1, 0.15) is 6.04 Å². The van der Waals surface area contributed by atoms with Crippen molar-refractivity contribution >= 4 is 56.4 Å². The number of hydrogen-bond acceptors (Lipinski definition) is 7. The van der Waals surface area contributed by atoms with Crippen LogP contribution < -0.4 is 14.9 Å². The monoisotopic (exact) mass is 607 g/mol. The fourth-order valence-electron chi connectivity index (χ4n) is 5.81. The van der Waals surface area contributed by atoms with Crippen molar-refractivity contribution in [3.8, 4) is 0 Å². The third kappa shape index (κ3) is 6.20. The minimum atomic E-state index is -4.19. The third-order valence-electron chi connectivity index (χ3n) is 7.92. The molecule has 1 aromatic heterocycles. The Hall–Kier alpha value is -2.51. The molecular weight excluding hydrogens is 574 g/mol. The van der Waals surface area contributed by atoms with Crippen LogP contribution in [0.5, 0.6) is 0 Å². The predicted molar refractivity (Wildman–Crippen MR) is 154 cm³/mol. The van der Waals surface area contributed by atoms with Crippen molar-refractivity contribution in [3.05, 3.63) is 45.1 Å². The van der Waals surface area contributed by atoms with E-state index >= 15 is 0 Å². The molecule has 3 aliphatic heterocycles. The second-order valence-electron chi connectivity index (χ2n) is 10.5. The van der Waals surface area contributed by atoms with E-state index < -0.39 is 22.0 Å². The van der Waals surface area contributed by atoms with Crippen molar-refractivity contribution in [1.29, 1.82) is 0 Å². The van der Waals surface area contributed by atoms with Gasteiger partial charge >= 0.3 is 0 Å². The Labute approximate surface area is 243 Å². The Balaban J connectivity index is 1.38. The van der Waals surface area contributed by atoms with Crippen LogP contribution in [-0.2, 0) is 19.6 Å².